The third-order valence-corrected chi connectivity index (χ3v) is 11.8. The molecule has 4 saturated heterocycles. The Hall–Kier alpha value is -2.90. The molecular formula is C42H60O11. The number of aliphatic hydroxyl groups is 1. The van der Waals surface area contributed by atoms with E-state index in [0.29, 0.717) is 13.0 Å². The minimum atomic E-state index is -1.00. The fraction of sp³-hybridized carbons (Fsp3) is 0.667. The van der Waals surface area contributed by atoms with Crippen LogP contribution in [0, 0.1) is 11.8 Å². The van der Waals surface area contributed by atoms with Gasteiger partial charge in [-0.3, -0.25) is 0 Å². The van der Waals surface area contributed by atoms with E-state index in [1.54, 1.807) is 44.6 Å². The highest BCUT2D eigenvalue weighted by Crippen LogP contribution is 2.60. The summed E-state index contributed by atoms with van der Waals surface area (Å²) in [6, 6.07) is 0. The molecule has 294 valence electrons. The summed E-state index contributed by atoms with van der Waals surface area (Å²) in [4.78, 5) is 22.8. The number of carbonyl (C=O) groups is 2. The van der Waals surface area contributed by atoms with Gasteiger partial charge in [-0.05, 0) is 80.1 Å². The second kappa shape index (κ2) is 16.9. The molecule has 53 heavy (non-hydrogen) atoms. The molecule has 6 fully saturated rings. The molecule has 2 aliphatic carbocycles. The number of allylic oxidation sites excluding steroid dienone is 8. The predicted octanol–water partition coefficient (Wildman–Crippen LogP) is 5.97. The van der Waals surface area contributed by atoms with Crippen molar-refractivity contribution in [3.63, 3.8) is 0 Å². The van der Waals surface area contributed by atoms with Gasteiger partial charge in [0.05, 0.1) is 55.1 Å². The maximum atomic E-state index is 12.4. The molecule has 0 aromatic rings. The van der Waals surface area contributed by atoms with E-state index in [2.05, 4.69) is 53.7 Å². The SMILES string of the molecule is CO[C@@H]1C(O)CC[C@]2(CO2)C1[C@]1(C)O[C@@H]1CC=C(C)C.CO[C@@H]1C(OC(=O)/C=C/C=C/C=C/C=C/C(=O)O)CC[C@]2(CO2)C1[C@]1(C)O[C@@H]1CC=C(C)C. The summed E-state index contributed by atoms with van der Waals surface area (Å²) >= 11 is 0. The molecule has 2 spiro atoms. The highest BCUT2D eigenvalue weighted by Gasteiger charge is 2.73. The highest BCUT2D eigenvalue weighted by molar-refractivity contribution is 5.82. The van der Waals surface area contributed by atoms with Crippen LogP contribution in [0.1, 0.15) is 80.1 Å². The zero-order valence-corrected chi connectivity index (χ0v) is 32.6. The molecule has 6 aliphatic rings. The van der Waals surface area contributed by atoms with Crippen LogP contribution in [0.15, 0.2) is 71.9 Å². The maximum absolute atomic E-state index is 12.4. The van der Waals surface area contributed by atoms with Crippen LogP contribution in [-0.2, 0) is 42.7 Å². The minimum absolute atomic E-state index is 0.00928. The molecule has 4 unspecified atom stereocenters. The number of rotatable bonds is 14. The first-order chi connectivity index (χ1) is 25.1. The summed E-state index contributed by atoms with van der Waals surface area (Å²) in [6.07, 6.45) is 20.4. The van der Waals surface area contributed by atoms with Crippen LogP contribution in [0.5, 0.6) is 0 Å². The molecule has 11 nitrogen and oxygen atoms in total. The fourth-order valence-electron chi connectivity index (χ4n) is 8.75. The molecule has 2 saturated carbocycles. The first-order valence-corrected chi connectivity index (χ1v) is 18.9. The van der Waals surface area contributed by atoms with Gasteiger partial charge in [-0.2, -0.15) is 0 Å². The average Bonchev–Trinajstić information content (AvgIpc) is 3.98. The van der Waals surface area contributed by atoms with Crippen LogP contribution >= 0.6 is 0 Å². The third kappa shape index (κ3) is 9.68. The normalized spacial score (nSPS) is 41.1. The van der Waals surface area contributed by atoms with E-state index in [-0.39, 0.29) is 64.8 Å². The molecule has 2 N–H and O–H groups in total. The number of ether oxygens (including phenoxy) is 7. The molecule has 0 radical (unpaired) electrons. The summed E-state index contributed by atoms with van der Waals surface area (Å²) in [5.74, 6) is -1.32. The Morgan fingerprint density at radius 3 is 1.62 bits per heavy atom. The van der Waals surface area contributed by atoms with E-state index in [1.807, 2.05) is 0 Å². The largest absolute Gasteiger partial charge is 0.478 e. The van der Waals surface area contributed by atoms with Crippen LogP contribution < -0.4 is 0 Å². The van der Waals surface area contributed by atoms with Gasteiger partial charge < -0.3 is 43.4 Å². The Bertz CT molecular complexity index is 1490. The molecule has 12 atom stereocenters. The highest BCUT2D eigenvalue weighted by atomic mass is 16.6. The summed E-state index contributed by atoms with van der Waals surface area (Å²) in [6.45, 7) is 14.1. The van der Waals surface area contributed by atoms with E-state index < -0.39 is 18.0 Å². The summed E-state index contributed by atoms with van der Waals surface area (Å²) in [5.41, 5.74) is 1.61. The summed E-state index contributed by atoms with van der Waals surface area (Å²) < 4.78 is 41.2. The maximum Gasteiger partial charge on any atom is 0.331 e. The van der Waals surface area contributed by atoms with E-state index in [4.69, 9.17) is 38.3 Å². The molecule has 4 heterocycles. The van der Waals surface area contributed by atoms with Gasteiger partial charge in [0.2, 0.25) is 0 Å². The number of hydrogen-bond donors (Lipinski definition) is 2. The average molecular weight is 741 g/mol. The zero-order chi connectivity index (χ0) is 38.6. The van der Waals surface area contributed by atoms with Crippen molar-refractivity contribution in [2.75, 3.05) is 27.4 Å². The number of aliphatic hydroxyl groups excluding tert-OH is 1. The molecular weight excluding hydrogens is 680 g/mol. The van der Waals surface area contributed by atoms with Gasteiger partial charge in [-0.1, -0.05) is 59.8 Å². The quantitative estimate of drug-likeness (QED) is 0.0713. The lowest BCUT2D eigenvalue weighted by atomic mass is 9.68. The number of epoxide rings is 4. The van der Waals surface area contributed by atoms with Crippen molar-refractivity contribution < 1.29 is 53.0 Å². The zero-order valence-electron chi connectivity index (χ0n) is 32.6. The van der Waals surface area contributed by atoms with Gasteiger partial charge in [0.25, 0.3) is 0 Å². The Morgan fingerprint density at radius 1 is 0.717 bits per heavy atom. The molecule has 0 bridgehead atoms. The van der Waals surface area contributed by atoms with Crippen LogP contribution in [-0.4, -0.2) is 109 Å². The topological polar surface area (TPSA) is 152 Å². The molecule has 11 heteroatoms. The number of esters is 1. The van der Waals surface area contributed by atoms with Crippen molar-refractivity contribution in [2.45, 2.75) is 139 Å². The lowest BCUT2D eigenvalue weighted by Crippen LogP contribution is -2.55. The Labute approximate surface area is 314 Å². The van der Waals surface area contributed by atoms with Crippen molar-refractivity contribution in [3.8, 4) is 0 Å². The number of carboxylic acids is 1. The van der Waals surface area contributed by atoms with Gasteiger partial charge >= 0.3 is 11.9 Å². The smallest absolute Gasteiger partial charge is 0.331 e. The van der Waals surface area contributed by atoms with Crippen LogP contribution in [0.25, 0.3) is 0 Å². The van der Waals surface area contributed by atoms with Gasteiger partial charge in [0.1, 0.15) is 29.0 Å². The summed E-state index contributed by atoms with van der Waals surface area (Å²) in [7, 11) is 3.33. The summed E-state index contributed by atoms with van der Waals surface area (Å²) in [5, 5.41) is 18.8. The molecule has 6 rings (SSSR count). The van der Waals surface area contributed by atoms with Crippen LogP contribution in [0.3, 0.4) is 0 Å². The Balaban J connectivity index is 0.000000230. The molecule has 0 aromatic carbocycles. The van der Waals surface area contributed by atoms with Gasteiger partial charge in [-0.25, -0.2) is 9.59 Å². The standard InChI is InChI=1S/C26H34O7.C16H26O4/c1-18(2)13-14-20-25(3,33-20)24-23(30-4)19(15-16-26(24)17-31-26)32-22(29)12-10-8-6-5-7-9-11-21(27)28;1-10(2)5-6-12-15(3,20-12)14-13(18-4)11(17)7-8-16(14)9-19-16/h5-13,19-20,23-24H,14-17H2,1-4H3,(H,27,28);5,11-14,17H,6-9H2,1-4H3/b7-5+,8-6+,11-9+,12-10+;/t19?,20-,23-,24?,25-,26+;11?,12-,13-,14?,15-,16+/m11/s1. The number of hydrogen-bond acceptors (Lipinski definition) is 10. The Morgan fingerprint density at radius 2 is 1.17 bits per heavy atom. The fourth-order valence-corrected chi connectivity index (χ4v) is 8.75. The molecule has 0 aromatic heterocycles. The van der Waals surface area contributed by atoms with E-state index >= 15 is 0 Å². The predicted molar refractivity (Wildman–Crippen MR) is 199 cm³/mol. The third-order valence-electron chi connectivity index (χ3n) is 11.8. The van der Waals surface area contributed by atoms with Gasteiger partial charge in [-0.15, -0.1) is 0 Å². The van der Waals surface area contributed by atoms with Gasteiger partial charge in [0, 0.05) is 26.4 Å². The van der Waals surface area contributed by atoms with Crippen LogP contribution in [0.2, 0.25) is 0 Å². The number of carboxylic acid groups (broad SMARTS) is 1. The van der Waals surface area contributed by atoms with E-state index in [9.17, 15) is 14.7 Å². The lowest BCUT2D eigenvalue weighted by molar-refractivity contribution is -0.166. The second-order valence-electron chi connectivity index (χ2n) is 16.1. The number of methoxy groups -OCH3 is 2. The Kier molecular flexibility index (Phi) is 13.1. The van der Waals surface area contributed by atoms with Crippen molar-refractivity contribution in [3.05, 3.63) is 71.9 Å². The molecule has 0 amide bonds. The van der Waals surface area contributed by atoms with Crippen molar-refractivity contribution in [1.82, 2.24) is 0 Å². The minimum Gasteiger partial charge on any atom is -0.478 e. The van der Waals surface area contributed by atoms with Crippen molar-refractivity contribution in [2.24, 2.45) is 11.8 Å². The first kappa shape index (κ1) is 41.3. The van der Waals surface area contributed by atoms with Gasteiger partial charge in [0.15, 0.2) is 0 Å². The van der Waals surface area contributed by atoms with E-state index in [1.165, 1.54) is 23.3 Å². The molecule has 4 aliphatic heterocycles. The number of aliphatic carboxylic acids is 1. The lowest BCUT2D eigenvalue weighted by Gasteiger charge is -2.42. The van der Waals surface area contributed by atoms with Crippen molar-refractivity contribution in [1.29, 1.82) is 0 Å². The first-order valence-electron chi connectivity index (χ1n) is 18.9. The van der Waals surface area contributed by atoms with Crippen LogP contribution in [0.4, 0.5) is 0 Å². The van der Waals surface area contributed by atoms with E-state index in [0.717, 1.165) is 44.8 Å². The monoisotopic (exact) mass is 740 g/mol. The number of carbonyl (C=O) groups excluding carboxylic acids is 1. The second-order valence-corrected chi connectivity index (χ2v) is 16.1. The van der Waals surface area contributed by atoms with Crippen molar-refractivity contribution >= 4 is 11.9 Å².